The van der Waals surface area contributed by atoms with Gasteiger partial charge < -0.3 is 14.2 Å². The molecule has 0 aliphatic heterocycles. The molecule has 0 heterocycles. The summed E-state index contributed by atoms with van der Waals surface area (Å²) in [7, 11) is 0. The van der Waals surface area contributed by atoms with E-state index in [0.29, 0.717) is 19.3 Å². The molecule has 0 saturated carbocycles. The topological polar surface area (TPSA) is 78.9 Å². The van der Waals surface area contributed by atoms with Crippen molar-refractivity contribution in [1.82, 2.24) is 0 Å². The maximum Gasteiger partial charge on any atom is 0.306 e. The van der Waals surface area contributed by atoms with Crippen molar-refractivity contribution in [3.05, 3.63) is 48.6 Å². The van der Waals surface area contributed by atoms with Crippen molar-refractivity contribution in [2.45, 2.75) is 239 Å². The van der Waals surface area contributed by atoms with E-state index in [4.69, 9.17) is 14.2 Å². The highest BCUT2D eigenvalue weighted by molar-refractivity contribution is 5.71. The molecule has 0 saturated heterocycles. The van der Waals surface area contributed by atoms with Gasteiger partial charge in [-0.2, -0.15) is 0 Å². The molecule has 6 nitrogen and oxygen atoms in total. The summed E-state index contributed by atoms with van der Waals surface area (Å²) in [6, 6.07) is 0. The van der Waals surface area contributed by atoms with Crippen LogP contribution in [0.2, 0.25) is 0 Å². The Morgan fingerprint density at radius 1 is 0.357 bits per heavy atom. The third-order valence-electron chi connectivity index (χ3n) is 10.1. The highest BCUT2D eigenvalue weighted by atomic mass is 16.6. The second-order valence-corrected chi connectivity index (χ2v) is 15.7. The molecule has 1 unspecified atom stereocenters. The molecule has 0 N–H and O–H groups in total. The number of rotatable bonds is 42. The zero-order chi connectivity index (χ0) is 40.8. The predicted octanol–water partition coefficient (Wildman–Crippen LogP) is 15.1. The lowest BCUT2D eigenvalue weighted by Crippen LogP contribution is -2.30. The summed E-state index contributed by atoms with van der Waals surface area (Å²) in [4.78, 5) is 37.7. The first-order valence-corrected chi connectivity index (χ1v) is 23.6. The van der Waals surface area contributed by atoms with Crippen molar-refractivity contribution in [3.8, 4) is 0 Å². The van der Waals surface area contributed by atoms with E-state index in [1.807, 2.05) is 0 Å². The van der Waals surface area contributed by atoms with Crippen LogP contribution in [0.4, 0.5) is 0 Å². The van der Waals surface area contributed by atoms with Gasteiger partial charge in [0.1, 0.15) is 13.2 Å². The maximum atomic E-state index is 12.7. The fourth-order valence-electron chi connectivity index (χ4n) is 6.44. The quantitative estimate of drug-likeness (QED) is 0.0265. The second-order valence-electron chi connectivity index (χ2n) is 15.7. The molecular formula is C50H88O6. The first-order chi connectivity index (χ1) is 27.5. The summed E-state index contributed by atoms with van der Waals surface area (Å²) in [6.07, 6.45) is 52.4. The van der Waals surface area contributed by atoms with E-state index in [0.717, 1.165) is 70.6 Å². The number of unbranched alkanes of at least 4 members (excludes halogenated alkanes) is 23. The Kier molecular flexibility index (Phi) is 43.0. The predicted molar refractivity (Wildman–Crippen MR) is 238 cm³/mol. The minimum Gasteiger partial charge on any atom is -0.462 e. The Morgan fingerprint density at radius 2 is 0.679 bits per heavy atom. The molecule has 0 amide bonds. The van der Waals surface area contributed by atoms with E-state index in [1.54, 1.807) is 0 Å². The van der Waals surface area contributed by atoms with E-state index < -0.39 is 6.10 Å². The van der Waals surface area contributed by atoms with Crippen LogP contribution in [0.15, 0.2) is 48.6 Å². The summed E-state index contributed by atoms with van der Waals surface area (Å²) in [5.41, 5.74) is 0. The molecule has 0 spiro atoms. The molecule has 0 bridgehead atoms. The molecule has 0 aromatic heterocycles. The average molecular weight is 785 g/mol. The van der Waals surface area contributed by atoms with Crippen LogP contribution >= 0.6 is 0 Å². The molecule has 1 atom stereocenters. The SMILES string of the molecule is CCCC/C=C\CCCCCCCC(=O)OC(COC(=O)CCC/C=C\C/C=C\C/C=C\CCCCCCCC)COC(=O)CCCCCCCCCCCC. The lowest BCUT2D eigenvalue weighted by Gasteiger charge is -2.18. The molecule has 0 radical (unpaired) electrons. The Hall–Kier alpha value is -2.63. The van der Waals surface area contributed by atoms with Crippen LogP contribution in [0.5, 0.6) is 0 Å². The lowest BCUT2D eigenvalue weighted by atomic mass is 10.1. The molecule has 324 valence electrons. The summed E-state index contributed by atoms with van der Waals surface area (Å²) >= 11 is 0. The Morgan fingerprint density at radius 3 is 1.14 bits per heavy atom. The van der Waals surface area contributed by atoms with Crippen LogP contribution in [-0.2, 0) is 28.6 Å². The molecule has 0 fully saturated rings. The summed E-state index contributed by atoms with van der Waals surface area (Å²) in [5.74, 6) is -0.957. The minimum atomic E-state index is -0.792. The molecule has 6 heteroatoms. The van der Waals surface area contributed by atoms with Gasteiger partial charge in [0, 0.05) is 19.3 Å². The van der Waals surface area contributed by atoms with Gasteiger partial charge >= 0.3 is 17.9 Å². The fraction of sp³-hybridized carbons (Fsp3) is 0.780. The number of hydrogen-bond acceptors (Lipinski definition) is 6. The molecule has 56 heavy (non-hydrogen) atoms. The van der Waals surface area contributed by atoms with Gasteiger partial charge in [0.15, 0.2) is 6.10 Å². The van der Waals surface area contributed by atoms with Gasteiger partial charge in [-0.15, -0.1) is 0 Å². The normalized spacial score (nSPS) is 12.4. The molecular weight excluding hydrogens is 697 g/mol. The van der Waals surface area contributed by atoms with Crippen LogP contribution in [-0.4, -0.2) is 37.2 Å². The largest absolute Gasteiger partial charge is 0.462 e. The van der Waals surface area contributed by atoms with Crippen molar-refractivity contribution >= 4 is 17.9 Å². The molecule has 0 rings (SSSR count). The monoisotopic (exact) mass is 785 g/mol. The van der Waals surface area contributed by atoms with Gasteiger partial charge in [0.2, 0.25) is 0 Å². The minimum absolute atomic E-state index is 0.0907. The van der Waals surface area contributed by atoms with Gasteiger partial charge in [-0.05, 0) is 70.6 Å². The van der Waals surface area contributed by atoms with Crippen molar-refractivity contribution in [2.24, 2.45) is 0 Å². The van der Waals surface area contributed by atoms with Crippen molar-refractivity contribution < 1.29 is 28.6 Å². The standard InChI is InChI=1S/C50H88O6/c1-4-7-10-13-16-19-22-23-24-25-26-27-29-31-34-37-40-43-49(52)55-46-47(45-54-48(51)42-39-36-33-30-21-18-15-12-9-6-3)56-50(53)44-41-38-35-32-28-20-17-14-11-8-5-2/h14,17,23-24,26-27,31,34,47H,4-13,15-16,18-22,25,28-30,32-33,35-46H2,1-3H3/b17-14-,24-23-,27-26-,34-31-. The number of carbonyl (C=O) groups excluding carboxylic acids is 3. The van der Waals surface area contributed by atoms with Crippen LogP contribution in [0.1, 0.15) is 233 Å². The van der Waals surface area contributed by atoms with Gasteiger partial charge in [-0.3, -0.25) is 14.4 Å². The van der Waals surface area contributed by atoms with Crippen LogP contribution < -0.4 is 0 Å². The highest BCUT2D eigenvalue weighted by Crippen LogP contribution is 2.13. The van der Waals surface area contributed by atoms with Crippen molar-refractivity contribution in [1.29, 1.82) is 0 Å². The zero-order valence-electron chi connectivity index (χ0n) is 36.9. The average Bonchev–Trinajstić information content (AvgIpc) is 3.19. The molecule has 0 aliphatic carbocycles. The molecule has 0 aromatic rings. The van der Waals surface area contributed by atoms with Crippen LogP contribution in [0.3, 0.4) is 0 Å². The fourth-order valence-corrected chi connectivity index (χ4v) is 6.44. The number of carbonyl (C=O) groups is 3. The molecule has 0 aromatic carbocycles. The van der Waals surface area contributed by atoms with E-state index in [9.17, 15) is 14.4 Å². The van der Waals surface area contributed by atoms with E-state index in [-0.39, 0.29) is 37.5 Å². The van der Waals surface area contributed by atoms with E-state index in [1.165, 1.54) is 116 Å². The van der Waals surface area contributed by atoms with Gasteiger partial charge in [-0.1, -0.05) is 191 Å². The summed E-state index contributed by atoms with van der Waals surface area (Å²) in [6.45, 7) is 6.52. The van der Waals surface area contributed by atoms with E-state index in [2.05, 4.69) is 69.4 Å². The zero-order valence-corrected chi connectivity index (χ0v) is 36.9. The second kappa shape index (κ2) is 45.1. The van der Waals surface area contributed by atoms with Crippen LogP contribution in [0.25, 0.3) is 0 Å². The third-order valence-corrected chi connectivity index (χ3v) is 10.1. The summed E-state index contributed by atoms with van der Waals surface area (Å²) in [5, 5.41) is 0. The lowest BCUT2D eigenvalue weighted by molar-refractivity contribution is -0.167. The Balaban J connectivity index is 4.42. The smallest absolute Gasteiger partial charge is 0.306 e. The molecule has 0 aliphatic rings. The van der Waals surface area contributed by atoms with Gasteiger partial charge in [0.25, 0.3) is 0 Å². The number of allylic oxidation sites excluding steroid dienone is 8. The van der Waals surface area contributed by atoms with Gasteiger partial charge in [0.05, 0.1) is 0 Å². The van der Waals surface area contributed by atoms with Crippen LogP contribution in [0, 0.1) is 0 Å². The number of ether oxygens (including phenoxy) is 3. The number of esters is 3. The Labute approximate surface area is 346 Å². The highest BCUT2D eigenvalue weighted by Gasteiger charge is 2.19. The third kappa shape index (κ3) is 42.5. The van der Waals surface area contributed by atoms with Gasteiger partial charge in [-0.25, -0.2) is 0 Å². The Bertz CT molecular complexity index is 996. The number of hydrogen-bond donors (Lipinski definition) is 0. The van der Waals surface area contributed by atoms with Crippen molar-refractivity contribution in [3.63, 3.8) is 0 Å². The maximum absolute atomic E-state index is 12.7. The summed E-state index contributed by atoms with van der Waals surface area (Å²) < 4.78 is 16.6. The van der Waals surface area contributed by atoms with E-state index >= 15 is 0 Å². The first-order valence-electron chi connectivity index (χ1n) is 23.6. The van der Waals surface area contributed by atoms with Crippen molar-refractivity contribution in [2.75, 3.05) is 13.2 Å². The first kappa shape index (κ1) is 53.4.